The van der Waals surface area contributed by atoms with Crippen LogP contribution in [0, 0.1) is 0 Å². The normalized spacial score (nSPS) is 25.3. The molecule has 0 N–H and O–H groups in total. The van der Waals surface area contributed by atoms with E-state index in [2.05, 4.69) is 0 Å². The van der Waals surface area contributed by atoms with Gasteiger partial charge in [0.1, 0.15) is 5.76 Å². The van der Waals surface area contributed by atoms with Crippen LogP contribution in [0.25, 0.3) is 0 Å². The fraction of sp³-hybridized carbons (Fsp3) is 0.429. The first-order chi connectivity index (χ1) is 4.72. The van der Waals surface area contributed by atoms with Crippen LogP contribution in [0.4, 0.5) is 0 Å². The van der Waals surface area contributed by atoms with Gasteiger partial charge in [-0.3, -0.25) is 0 Å². The van der Waals surface area contributed by atoms with Gasteiger partial charge in [0.2, 0.25) is 0 Å². The molecule has 1 aliphatic carbocycles. The maximum Gasteiger partial charge on any atom is 0.117 e. The Morgan fingerprint density at radius 1 is 1.70 bits per heavy atom. The zero-order valence-corrected chi connectivity index (χ0v) is 7.12. The van der Waals surface area contributed by atoms with Gasteiger partial charge in [0.25, 0.3) is 0 Å². The molecule has 0 amide bonds. The first kappa shape index (κ1) is 7.96. The van der Waals surface area contributed by atoms with E-state index in [4.69, 9.17) is 27.9 Å². The highest BCUT2D eigenvalue weighted by molar-refractivity contribution is 6.31. The fourth-order valence-corrected chi connectivity index (χ4v) is 1.45. The second kappa shape index (κ2) is 3.31. The van der Waals surface area contributed by atoms with Gasteiger partial charge in [-0.2, -0.15) is 0 Å². The van der Waals surface area contributed by atoms with Gasteiger partial charge in [-0.05, 0) is 12.2 Å². The third-order valence-electron chi connectivity index (χ3n) is 1.27. The van der Waals surface area contributed by atoms with Crippen molar-refractivity contribution in [2.75, 3.05) is 7.11 Å². The molecule has 3 heteroatoms. The van der Waals surface area contributed by atoms with Crippen LogP contribution in [0.3, 0.4) is 0 Å². The van der Waals surface area contributed by atoms with Crippen LogP contribution in [0.1, 0.15) is 6.42 Å². The number of hydrogen-bond donors (Lipinski definition) is 0. The summed E-state index contributed by atoms with van der Waals surface area (Å²) in [5.74, 6) is 0.747. The maximum absolute atomic E-state index is 5.80. The summed E-state index contributed by atoms with van der Waals surface area (Å²) in [7, 11) is 1.60. The lowest BCUT2D eigenvalue weighted by atomic mass is 10.2. The smallest absolute Gasteiger partial charge is 0.117 e. The van der Waals surface area contributed by atoms with E-state index >= 15 is 0 Å². The van der Waals surface area contributed by atoms with Crippen LogP contribution in [-0.2, 0) is 4.74 Å². The molecular formula is C7H8Cl2O. The van der Waals surface area contributed by atoms with Gasteiger partial charge in [-0.15, -0.1) is 11.6 Å². The predicted molar refractivity (Wildman–Crippen MR) is 43.3 cm³/mol. The largest absolute Gasteiger partial charge is 0.497 e. The van der Waals surface area contributed by atoms with Gasteiger partial charge in [0.05, 0.1) is 12.5 Å². The molecule has 1 nitrogen and oxygen atoms in total. The lowest BCUT2D eigenvalue weighted by Gasteiger charge is -2.11. The molecule has 0 radical (unpaired) electrons. The van der Waals surface area contributed by atoms with Crippen LogP contribution in [-0.4, -0.2) is 12.5 Å². The summed E-state index contributed by atoms with van der Waals surface area (Å²) in [6, 6.07) is 0. The zero-order chi connectivity index (χ0) is 7.56. The summed E-state index contributed by atoms with van der Waals surface area (Å²) >= 11 is 11.5. The lowest BCUT2D eigenvalue weighted by molar-refractivity contribution is 0.303. The molecule has 0 fully saturated rings. The Labute approximate surface area is 70.3 Å². The third kappa shape index (κ3) is 1.93. The van der Waals surface area contributed by atoms with Crippen LogP contribution in [0.15, 0.2) is 22.9 Å². The summed E-state index contributed by atoms with van der Waals surface area (Å²) in [6.45, 7) is 0. The summed E-state index contributed by atoms with van der Waals surface area (Å²) < 4.78 is 4.95. The summed E-state index contributed by atoms with van der Waals surface area (Å²) in [6.07, 6.45) is 4.32. The Morgan fingerprint density at radius 2 is 2.40 bits per heavy atom. The molecule has 0 spiro atoms. The first-order valence-corrected chi connectivity index (χ1v) is 3.80. The van der Waals surface area contributed by atoms with Crippen molar-refractivity contribution < 1.29 is 4.74 Å². The maximum atomic E-state index is 5.80. The Hall–Kier alpha value is -0.140. The number of rotatable bonds is 1. The van der Waals surface area contributed by atoms with Crippen molar-refractivity contribution in [1.82, 2.24) is 0 Å². The minimum Gasteiger partial charge on any atom is -0.497 e. The first-order valence-electron chi connectivity index (χ1n) is 2.98. The molecule has 0 saturated heterocycles. The highest BCUT2D eigenvalue weighted by atomic mass is 35.5. The van der Waals surface area contributed by atoms with Gasteiger partial charge in [0, 0.05) is 11.5 Å². The number of methoxy groups -OCH3 is 1. The molecule has 0 aromatic heterocycles. The second-order valence-electron chi connectivity index (χ2n) is 2.08. The highest BCUT2D eigenvalue weighted by Gasteiger charge is 2.10. The quantitative estimate of drug-likeness (QED) is 0.562. The summed E-state index contributed by atoms with van der Waals surface area (Å²) in [4.78, 5) is 0. The van der Waals surface area contributed by atoms with Crippen molar-refractivity contribution in [2.45, 2.75) is 11.8 Å². The van der Waals surface area contributed by atoms with Crippen molar-refractivity contribution in [1.29, 1.82) is 0 Å². The molecular weight excluding hydrogens is 171 g/mol. The zero-order valence-electron chi connectivity index (χ0n) is 5.60. The highest BCUT2D eigenvalue weighted by Crippen LogP contribution is 2.24. The summed E-state index contributed by atoms with van der Waals surface area (Å²) in [5, 5.41) is 0.729. The molecule has 1 atom stereocenters. The molecule has 1 rings (SSSR count). The van der Waals surface area contributed by atoms with E-state index in [0.717, 1.165) is 10.8 Å². The minimum absolute atomic E-state index is 0.0209. The molecule has 0 aliphatic heterocycles. The monoisotopic (exact) mass is 178 g/mol. The molecule has 56 valence electrons. The second-order valence-corrected chi connectivity index (χ2v) is 3.13. The van der Waals surface area contributed by atoms with E-state index in [0.29, 0.717) is 6.42 Å². The Kier molecular flexibility index (Phi) is 2.64. The third-order valence-corrected chi connectivity index (χ3v) is 1.81. The average molecular weight is 179 g/mol. The fourth-order valence-electron chi connectivity index (χ4n) is 0.812. The van der Waals surface area contributed by atoms with Crippen LogP contribution < -0.4 is 0 Å². The van der Waals surface area contributed by atoms with E-state index < -0.39 is 0 Å². The van der Waals surface area contributed by atoms with Crippen molar-refractivity contribution >= 4 is 23.2 Å². The van der Waals surface area contributed by atoms with Gasteiger partial charge in [-0.1, -0.05) is 11.6 Å². The molecule has 1 aliphatic rings. The van der Waals surface area contributed by atoms with E-state index in [9.17, 15) is 0 Å². The molecule has 0 heterocycles. The van der Waals surface area contributed by atoms with Gasteiger partial charge in [0.15, 0.2) is 0 Å². The van der Waals surface area contributed by atoms with Crippen LogP contribution in [0.2, 0.25) is 0 Å². The van der Waals surface area contributed by atoms with Gasteiger partial charge >= 0.3 is 0 Å². The average Bonchev–Trinajstić information content (AvgIpc) is 1.85. The van der Waals surface area contributed by atoms with Gasteiger partial charge < -0.3 is 4.74 Å². The number of allylic oxidation sites excluding steroid dienone is 3. The molecule has 0 bridgehead atoms. The predicted octanol–water partition coefficient (Wildman–Crippen LogP) is 2.65. The number of hydrogen-bond acceptors (Lipinski definition) is 1. The Bertz CT molecular complexity index is 184. The molecule has 1 unspecified atom stereocenters. The topological polar surface area (TPSA) is 9.23 Å². The van der Waals surface area contributed by atoms with Crippen molar-refractivity contribution in [3.8, 4) is 0 Å². The Balaban J connectivity index is 2.72. The summed E-state index contributed by atoms with van der Waals surface area (Å²) in [5.41, 5.74) is 0. The SMILES string of the molecule is COC1=CC(Cl)CC(Cl)=C1. The minimum atomic E-state index is -0.0209. The van der Waals surface area contributed by atoms with Gasteiger partial charge in [-0.25, -0.2) is 0 Å². The van der Waals surface area contributed by atoms with E-state index in [1.807, 2.05) is 6.08 Å². The standard InChI is InChI=1S/C7H8Cl2O/c1-10-7-3-5(8)2-6(9)4-7/h3-5H,2H2,1H3. The number of ether oxygens (including phenoxy) is 1. The molecule has 0 aromatic carbocycles. The Morgan fingerprint density at radius 3 is 2.90 bits per heavy atom. The van der Waals surface area contributed by atoms with E-state index in [-0.39, 0.29) is 5.38 Å². The molecule has 10 heavy (non-hydrogen) atoms. The number of halogens is 2. The van der Waals surface area contributed by atoms with Crippen LogP contribution >= 0.6 is 23.2 Å². The van der Waals surface area contributed by atoms with Crippen molar-refractivity contribution in [2.24, 2.45) is 0 Å². The van der Waals surface area contributed by atoms with E-state index in [1.54, 1.807) is 13.2 Å². The molecule has 0 aromatic rings. The molecule has 0 saturated carbocycles. The van der Waals surface area contributed by atoms with Crippen molar-refractivity contribution in [3.05, 3.63) is 22.9 Å². The lowest BCUT2D eigenvalue weighted by Crippen LogP contribution is -2.01. The van der Waals surface area contributed by atoms with E-state index in [1.165, 1.54) is 0 Å². The number of alkyl halides is 1. The van der Waals surface area contributed by atoms with Crippen molar-refractivity contribution in [3.63, 3.8) is 0 Å². The van der Waals surface area contributed by atoms with Crippen LogP contribution in [0.5, 0.6) is 0 Å².